The highest BCUT2D eigenvalue weighted by atomic mass is 32.2. The zero-order valence-electron chi connectivity index (χ0n) is 20.3. The molecular formula is C25H35N3O4S. The average molecular weight is 474 g/mol. The number of likely N-dealkylation sites (N-methyl/N-ethyl adjacent to an activating group) is 1. The fourth-order valence-corrected chi connectivity index (χ4v) is 4.43. The molecule has 2 amide bonds. The molecule has 2 aromatic carbocycles. The number of benzene rings is 2. The van der Waals surface area contributed by atoms with Gasteiger partial charge in [-0.1, -0.05) is 54.4 Å². The Morgan fingerprint density at radius 1 is 1.00 bits per heavy atom. The number of sulfonamides is 1. The van der Waals surface area contributed by atoms with Crippen LogP contribution < -0.4 is 5.32 Å². The highest BCUT2D eigenvalue weighted by Crippen LogP contribution is 2.17. The third-order valence-corrected chi connectivity index (χ3v) is 7.51. The number of aryl methyl sites for hydroxylation is 2. The summed E-state index contributed by atoms with van der Waals surface area (Å²) in [6, 6.07) is 13.4. The van der Waals surface area contributed by atoms with Crippen molar-refractivity contribution >= 4 is 21.8 Å². The molecule has 0 unspecified atom stereocenters. The van der Waals surface area contributed by atoms with E-state index in [0.717, 1.165) is 27.4 Å². The molecule has 2 rings (SSSR count). The molecule has 0 saturated carbocycles. The summed E-state index contributed by atoms with van der Waals surface area (Å²) in [5, 5.41) is 2.91. The maximum Gasteiger partial charge on any atom is 0.243 e. The first-order chi connectivity index (χ1) is 15.4. The maximum atomic E-state index is 13.3. The van der Waals surface area contributed by atoms with E-state index in [1.165, 1.54) is 24.1 Å². The lowest BCUT2D eigenvalue weighted by molar-refractivity contribution is -0.140. The van der Waals surface area contributed by atoms with Crippen LogP contribution in [0.4, 0.5) is 0 Å². The normalized spacial score (nSPS) is 13.4. The Morgan fingerprint density at radius 3 is 2.21 bits per heavy atom. The van der Waals surface area contributed by atoms with Crippen LogP contribution in [0.2, 0.25) is 0 Å². The Kier molecular flexibility index (Phi) is 9.19. The standard InChI is InChI=1S/C25H35N3O4S/c1-7-20(4)26-25(30)21(5)28(16-22-10-8-9-19(3)15-22)24(29)17-27(6)33(31,32)23-13-11-18(2)12-14-23/h8-15,20-21H,7,16-17H2,1-6H3,(H,26,30)/t20-,21+/m1/s1. The van der Waals surface area contributed by atoms with Crippen LogP contribution in [0.5, 0.6) is 0 Å². The van der Waals surface area contributed by atoms with Gasteiger partial charge in [-0.3, -0.25) is 9.59 Å². The summed E-state index contributed by atoms with van der Waals surface area (Å²) in [5.74, 6) is -0.712. The molecule has 2 aromatic rings. The van der Waals surface area contributed by atoms with Crippen LogP contribution in [-0.4, -0.2) is 55.1 Å². The molecule has 33 heavy (non-hydrogen) atoms. The van der Waals surface area contributed by atoms with Gasteiger partial charge in [-0.2, -0.15) is 4.31 Å². The molecule has 0 fully saturated rings. The van der Waals surface area contributed by atoms with E-state index in [4.69, 9.17) is 0 Å². The van der Waals surface area contributed by atoms with E-state index in [9.17, 15) is 18.0 Å². The number of nitrogens with one attached hydrogen (secondary N) is 1. The fourth-order valence-electron chi connectivity index (χ4n) is 3.31. The minimum absolute atomic E-state index is 0.0274. The molecule has 0 aliphatic rings. The highest BCUT2D eigenvalue weighted by Gasteiger charge is 2.30. The summed E-state index contributed by atoms with van der Waals surface area (Å²) >= 11 is 0. The SMILES string of the molecule is CC[C@@H](C)NC(=O)[C@H](C)N(Cc1cccc(C)c1)C(=O)CN(C)S(=O)(=O)c1ccc(C)cc1. The molecular weight excluding hydrogens is 438 g/mol. The first-order valence-corrected chi connectivity index (χ1v) is 12.6. The second-order valence-corrected chi connectivity index (χ2v) is 10.6. The molecule has 0 aliphatic carbocycles. The second kappa shape index (κ2) is 11.4. The van der Waals surface area contributed by atoms with Gasteiger partial charge in [0.2, 0.25) is 21.8 Å². The second-order valence-electron chi connectivity index (χ2n) is 8.58. The monoisotopic (exact) mass is 473 g/mol. The molecule has 0 heterocycles. The first-order valence-electron chi connectivity index (χ1n) is 11.1. The largest absolute Gasteiger partial charge is 0.352 e. The Labute approximate surface area is 197 Å². The van der Waals surface area contributed by atoms with Gasteiger partial charge >= 0.3 is 0 Å². The van der Waals surface area contributed by atoms with E-state index in [-0.39, 0.29) is 29.9 Å². The molecule has 0 radical (unpaired) electrons. The highest BCUT2D eigenvalue weighted by molar-refractivity contribution is 7.89. The Balaban J connectivity index is 2.27. The Hall–Kier alpha value is -2.71. The predicted octanol–water partition coefficient (Wildman–Crippen LogP) is 3.26. The van der Waals surface area contributed by atoms with Gasteiger partial charge in [0.05, 0.1) is 11.4 Å². The summed E-state index contributed by atoms with van der Waals surface area (Å²) in [5.41, 5.74) is 2.85. The van der Waals surface area contributed by atoms with Crippen LogP contribution >= 0.6 is 0 Å². The molecule has 0 spiro atoms. The molecule has 7 nitrogen and oxygen atoms in total. The topological polar surface area (TPSA) is 86.8 Å². The lowest BCUT2D eigenvalue weighted by Gasteiger charge is -2.31. The van der Waals surface area contributed by atoms with E-state index in [0.29, 0.717) is 0 Å². The number of rotatable bonds is 10. The number of carbonyl (C=O) groups is 2. The lowest BCUT2D eigenvalue weighted by atomic mass is 10.1. The fraction of sp³-hybridized carbons (Fsp3) is 0.440. The van der Waals surface area contributed by atoms with Crippen molar-refractivity contribution in [2.75, 3.05) is 13.6 Å². The molecule has 1 N–H and O–H groups in total. The zero-order chi connectivity index (χ0) is 24.8. The van der Waals surface area contributed by atoms with Crippen molar-refractivity contribution < 1.29 is 18.0 Å². The third-order valence-electron chi connectivity index (χ3n) is 5.69. The maximum absolute atomic E-state index is 13.3. The van der Waals surface area contributed by atoms with Crippen molar-refractivity contribution in [3.05, 3.63) is 65.2 Å². The summed E-state index contributed by atoms with van der Waals surface area (Å²) in [7, 11) is -2.47. The van der Waals surface area contributed by atoms with Gasteiger partial charge in [0.15, 0.2) is 0 Å². The first kappa shape index (κ1) is 26.5. The third kappa shape index (κ3) is 7.14. The van der Waals surface area contributed by atoms with Gasteiger partial charge < -0.3 is 10.2 Å². The van der Waals surface area contributed by atoms with Crippen LogP contribution in [0.25, 0.3) is 0 Å². The van der Waals surface area contributed by atoms with Crippen LogP contribution in [0, 0.1) is 13.8 Å². The summed E-state index contributed by atoms with van der Waals surface area (Å²) in [4.78, 5) is 27.7. The minimum Gasteiger partial charge on any atom is -0.352 e. The van der Waals surface area contributed by atoms with Crippen molar-refractivity contribution in [1.29, 1.82) is 0 Å². The predicted molar refractivity (Wildman–Crippen MR) is 130 cm³/mol. The summed E-state index contributed by atoms with van der Waals surface area (Å²) < 4.78 is 27.0. The van der Waals surface area contributed by atoms with Crippen molar-refractivity contribution in [1.82, 2.24) is 14.5 Å². The average Bonchev–Trinajstić information content (AvgIpc) is 2.77. The van der Waals surface area contributed by atoms with Gasteiger partial charge in [0, 0.05) is 19.6 Å². The number of hydrogen-bond donors (Lipinski definition) is 1. The van der Waals surface area contributed by atoms with Gasteiger partial charge in [-0.25, -0.2) is 8.42 Å². The smallest absolute Gasteiger partial charge is 0.243 e. The van der Waals surface area contributed by atoms with Gasteiger partial charge in [0.1, 0.15) is 6.04 Å². The number of carbonyl (C=O) groups excluding carboxylic acids is 2. The number of hydrogen-bond acceptors (Lipinski definition) is 4. The van der Waals surface area contributed by atoms with Crippen LogP contribution in [0.3, 0.4) is 0 Å². The molecule has 0 bridgehead atoms. The Morgan fingerprint density at radius 2 is 1.64 bits per heavy atom. The molecule has 0 aromatic heterocycles. The lowest BCUT2D eigenvalue weighted by Crippen LogP contribution is -2.51. The molecule has 0 aliphatic heterocycles. The van der Waals surface area contributed by atoms with E-state index >= 15 is 0 Å². The van der Waals surface area contributed by atoms with E-state index in [1.54, 1.807) is 19.1 Å². The van der Waals surface area contributed by atoms with Crippen molar-refractivity contribution in [3.8, 4) is 0 Å². The zero-order valence-corrected chi connectivity index (χ0v) is 21.1. The van der Waals surface area contributed by atoms with E-state index < -0.39 is 22.0 Å². The molecule has 180 valence electrons. The Bertz CT molecular complexity index is 1070. The van der Waals surface area contributed by atoms with Crippen molar-refractivity contribution in [3.63, 3.8) is 0 Å². The van der Waals surface area contributed by atoms with Crippen molar-refractivity contribution in [2.24, 2.45) is 0 Å². The van der Waals surface area contributed by atoms with E-state index in [1.807, 2.05) is 52.0 Å². The number of nitrogens with zero attached hydrogens (tertiary/aromatic N) is 2. The minimum atomic E-state index is -3.85. The molecule has 2 atom stereocenters. The van der Waals surface area contributed by atoms with E-state index in [2.05, 4.69) is 5.32 Å². The van der Waals surface area contributed by atoms with Gasteiger partial charge in [0.25, 0.3) is 0 Å². The quantitative estimate of drug-likeness (QED) is 0.574. The van der Waals surface area contributed by atoms with Gasteiger partial charge in [-0.15, -0.1) is 0 Å². The van der Waals surface area contributed by atoms with Crippen LogP contribution in [0.1, 0.15) is 43.9 Å². The summed E-state index contributed by atoms with van der Waals surface area (Å²) in [6.45, 7) is 9.20. The van der Waals surface area contributed by atoms with Crippen molar-refractivity contribution in [2.45, 2.75) is 64.6 Å². The van der Waals surface area contributed by atoms with Crippen LogP contribution in [0.15, 0.2) is 53.4 Å². The van der Waals surface area contributed by atoms with Gasteiger partial charge in [-0.05, 0) is 51.8 Å². The molecule has 0 saturated heterocycles. The summed E-state index contributed by atoms with van der Waals surface area (Å²) in [6.07, 6.45) is 0.766. The number of amides is 2. The molecule has 8 heteroatoms. The van der Waals surface area contributed by atoms with Crippen LogP contribution in [-0.2, 0) is 26.2 Å².